The molecule has 0 saturated heterocycles. The number of hydrogen-bond acceptors (Lipinski definition) is 19. The molecule has 11 nitrogen and oxygen atoms in total. The second kappa shape index (κ2) is 17.6. The monoisotopic (exact) mass is 925 g/mol. The Morgan fingerprint density at radius 3 is 1.51 bits per heavy atom. The first-order valence-electron chi connectivity index (χ1n) is 18.0. The number of aryl methyl sites for hydroxylation is 9. The van der Waals surface area contributed by atoms with Crippen molar-refractivity contribution < 1.29 is 0 Å². The van der Waals surface area contributed by atoms with Gasteiger partial charge >= 0.3 is 0 Å². The van der Waals surface area contributed by atoms with E-state index in [1.165, 1.54) is 32.2 Å². The number of para-hydroxylation sites is 1. The fourth-order valence-corrected chi connectivity index (χ4v) is 13.3. The molecule has 0 saturated carbocycles. The van der Waals surface area contributed by atoms with Gasteiger partial charge in [-0.3, -0.25) is 0 Å². The molecule has 298 valence electrons. The first-order chi connectivity index (χ1) is 28.4. The van der Waals surface area contributed by atoms with Crippen molar-refractivity contribution in [1.82, 2.24) is 54.8 Å². The SMILES string of the molecule is Cc1nc(C)nc(C)n1.Cc1nc2c(s1)c1ncsc1c1nc(C)sc12.Cc1nc2cc3scnc3cc2s1.Cc1nc2ccccc2s1.Cc1nc2nc(C)sc2s1. The normalized spacial score (nSPS) is 11.1. The number of benzene rings is 3. The van der Waals surface area contributed by atoms with Crippen molar-refractivity contribution >= 4 is 162 Å². The Balaban J connectivity index is 0.000000105. The minimum atomic E-state index is 0.792. The zero-order valence-electron chi connectivity index (χ0n) is 33.3. The van der Waals surface area contributed by atoms with Crippen LogP contribution in [0.2, 0.25) is 0 Å². The highest BCUT2D eigenvalue weighted by atomic mass is 32.2. The molecule has 0 spiro atoms. The highest BCUT2D eigenvalue weighted by molar-refractivity contribution is 7.37. The van der Waals surface area contributed by atoms with Gasteiger partial charge < -0.3 is 0 Å². The standard InChI is InChI=1S/C11H7N3S3.C9H6N2S2.C8H7NS.C6H9N3.C6H6N2S2/c1-4-13-7-9-6(12-3-15-9)10-8(11(7)17-4)14-5(2)16-10;1-5-11-7-3-8-6(10-4-12-8)2-9(7)13-5;1-6-9-7-4-2-3-5-8(7)10-6;1-4-7-5(2)9-6(3)8-4;1-3-7-5-6(9-3)10-4(2)8-5/h3H,1-2H3;2-4H,1H3;2-5H,1H3;1-3H3;1-2H3. The molecule has 9 heterocycles. The Bertz CT molecular complexity index is 3110. The molecule has 3 aromatic carbocycles. The largest absolute Gasteiger partial charge is 0.245 e. The predicted molar refractivity (Wildman–Crippen MR) is 256 cm³/mol. The van der Waals surface area contributed by atoms with Gasteiger partial charge in [0.1, 0.15) is 38.0 Å². The Morgan fingerprint density at radius 2 is 0.881 bits per heavy atom. The topological polar surface area (TPSA) is 142 Å². The molecule has 0 N–H and O–H groups in total. The van der Waals surface area contributed by atoms with E-state index in [4.69, 9.17) is 0 Å². The maximum absolute atomic E-state index is 4.64. The third kappa shape index (κ3) is 9.47. The van der Waals surface area contributed by atoms with Gasteiger partial charge in [-0.1, -0.05) is 12.1 Å². The van der Waals surface area contributed by atoms with E-state index in [2.05, 4.69) is 73.0 Å². The minimum absolute atomic E-state index is 0.792. The lowest BCUT2D eigenvalue weighted by molar-refractivity contribution is 0.875. The van der Waals surface area contributed by atoms with E-state index in [0.717, 1.165) is 86.3 Å². The van der Waals surface area contributed by atoms with E-state index < -0.39 is 0 Å². The van der Waals surface area contributed by atoms with Crippen molar-refractivity contribution in [2.45, 2.75) is 62.3 Å². The zero-order valence-corrected chi connectivity index (χ0v) is 39.8. The number of nitrogens with zero attached hydrogens (tertiary/aromatic N) is 11. The van der Waals surface area contributed by atoms with Crippen LogP contribution in [0.3, 0.4) is 0 Å². The third-order valence-corrected chi connectivity index (χ3v) is 15.7. The summed E-state index contributed by atoms with van der Waals surface area (Å²) >= 11 is 13.7. The Morgan fingerprint density at radius 1 is 0.373 bits per heavy atom. The lowest BCUT2D eigenvalue weighted by Gasteiger charge is -1.94. The second-order valence-electron chi connectivity index (χ2n) is 13.0. The summed E-state index contributed by atoms with van der Waals surface area (Å²) in [6, 6.07) is 12.4. The van der Waals surface area contributed by atoms with Crippen molar-refractivity contribution in [3.63, 3.8) is 0 Å². The molecule has 0 bridgehead atoms. The van der Waals surface area contributed by atoms with Crippen molar-refractivity contribution in [3.05, 3.63) is 94.9 Å². The molecule has 12 aromatic rings. The van der Waals surface area contributed by atoms with Gasteiger partial charge in [0.2, 0.25) is 0 Å². The summed E-state index contributed by atoms with van der Waals surface area (Å²) in [4.78, 5) is 47.3. The van der Waals surface area contributed by atoms with Crippen LogP contribution in [-0.4, -0.2) is 54.8 Å². The highest BCUT2D eigenvalue weighted by Gasteiger charge is 2.17. The van der Waals surface area contributed by atoms with Gasteiger partial charge in [0, 0.05) is 0 Å². The molecule has 0 radical (unpaired) electrons. The average molecular weight is 926 g/mol. The highest BCUT2D eigenvalue weighted by Crippen LogP contribution is 2.41. The molecule has 12 rings (SSSR count). The molecule has 59 heavy (non-hydrogen) atoms. The summed E-state index contributed by atoms with van der Waals surface area (Å²) < 4.78 is 8.58. The molecule has 0 amide bonds. The molecule has 0 aliphatic rings. The van der Waals surface area contributed by atoms with E-state index in [1.807, 2.05) is 91.5 Å². The number of fused-ring (bicyclic) bond motifs is 10. The van der Waals surface area contributed by atoms with Gasteiger partial charge in [-0.25, -0.2) is 54.8 Å². The summed E-state index contributed by atoms with van der Waals surface area (Å²) in [5.74, 6) is 2.38. The van der Waals surface area contributed by atoms with E-state index in [0.29, 0.717) is 0 Å². The van der Waals surface area contributed by atoms with Crippen LogP contribution in [0.1, 0.15) is 47.5 Å². The molecule has 0 fully saturated rings. The van der Waals surface area contributed by atoms with Crippen LogP contribution in [-0.2, 0) is 0 Å². The molecule has 9 aromatic heterocycles. The number of thiazole rings is 8. The van der Waals surface area contributed by atoms with Gasteiger partial charge in [0.25, 0.3) is 0 Å². The first-order valence-corrected chi connectivity index (χ1v) is 24.7. The van der Waals surface area contributed by atoms with Crippen LogP contribution >= 0.6 is 90.7 Å². The molecule has 0 aliphatic heterocycles. The Hall–Kier alpha value is -4.47. The smallest absolute Gasteiger partial charge is 0.182 e. The van der Waals surface area contributed by atoms with Crippen molar-refractivity contribution in [2.24, 2.45) is 0 Å². The lowest BCUT2D eigenvalue weighted by Crippen LogP contribution is -1.97. The zero-order chi connectivity index (χ0) is 41.4. The lowest BCUT2D eigenvalue weighted by atomic mass is 10.3. The van der Waals surface area contributed by atoms with E-state index in [-0.39, 0.29) is 0 Å². The van der Waals surface area contributed by atoms with Crippen molar-refractivity contribution in [1.29, 1.82) is 0 Å². The summed E-state index contributed by atoms with van der Waals surface area (Å²) in [6.07, 6.45) is 0. The van der Waals surface area contributed by atoms with Gasteiger partial charge in [0.05, 0.1) is 85.8 Å². The van der Waals surface area contributed by atoms with Crippen LogP contribution in [0, 0.1) is 62.3 Å². The van der Waals surface area contributed by atoms with E-state index >= 15 is 0 Å². The summed E-state index contributed by atoms with van der Waals surface area (Å²) in [7, 11) is 0. The summed E-state index contributed by atoms with van der Waals surface area (Å²) in [5, 5.41) is 6.65. The first kappa shape index (κ1) is 41.3. The second-order valence-corrected chi connectivity index (χ2v) is 22.3. The van der Waals surface area contributed by atoms with Gasteiger partial charge in [0.15, 0.2) is 5.65 Å². The Kier molecular flexibility index (Phi) is 12.3. The predicted octanol–water partition coefficient (Wildman–Crippen LogP) is 13.1. The van der Waals surface area contributed by atoms with Crippen LogP contribution in [0.25, 0.3) is 71.0 Å². The van der Waals surface area contributed by atoms with Crippen LogP contribution in [0.5, 0.6) is 0 Å². The fourth-order valence-electron chi connectivity index (χ4n) is 6.06. The summed E-state index contributed by atoms with van der Waals surface area (Å²) in [6.45, 7) is 17.8. The molecule has 19 heteroatoms. The number of aromatic nitrogens is 11. The molecule has 0 atom stereocenters. The summed E-state index contributed by atoms with van der Waals surface area (Å²) in [5.41, 5.74) is 11.2. The van der Waals surface area contributed by atoms with Crippen LogP contribution < -0.4 is 0 Å². The molecular formula is C40H35N11S8. The number of hydrogen-bond donors (Lipinski definition) is 0. The van der Waals surface area contributed by atoms with E-state index in [1.54, 1.807) is 90.7 Å². The Labute approximate surface area is 370 Å². The maximum Gasteiger partial charge on any atom is 0.182 e. The van der Waals surface area contributed by atoms with Crippen LogP contribution in [0.4, 0.5) is 0 Å². The molecule has 0 unspecified atom stereocenters. The number of rotatable bonds is 0. The maximum atomic E-state index is 4.64. The minimum Gasteiger partial charge on any atom is -0.245 e. The molecular weight excluding hydrogens is 891 g/mol. The third-order valence-electron chi connectivity index (χ3n) is 8.19. The van der Waals surface area contributed by atoms with Crippen molar-refractivity contribution in [3.8, 4) is 0 Å². The van der Waals surface area contributed by atoms with Gasteiger partial charge in [-0.2, -0.15) is 0 Å². The average Bonchev–Trinajstić information content (AvgIpc) is 4.02. The van der Waals surface area contributed by atoms with Gasteiger partial charge in [-0.05, 0) is 86.6 Å². The van der Waals surface area contributed by atoms with E-state index in [9.17, 15) is 0 Å². The van der Waals surface area contributed by atoms with Gasteiger partial charge in [-0.15, -0.1) is 90.7 Å². The van der Waals surface area contributed by atoms with Crippen LogP contribution in [0.15, 0.2) is 47.4 Å². The fraction of sp³-hybridized carbons (Fsp3) is 0.225. The quantitative estimate of drug-likeness (QED) is 0.143. The molecule has 0 aliphatic carbocycles. The van der Waals surface area contributed by atoms with Crippen molar-refractivity contribution in [2.75, 3.05) is 0 Å².